The van der Waals surface area contributed by atoms with E-state index >= 15 is 0 Å². The highest BCUT2D eigenvalue weighted by molar-refractivity contribution is 4.90. The summed E-state index contributed by atoms with van der Waals surface area (Å²) in [6, 6.07) is 1.46. The molecule has 0 aromatic rings. The van der Waals surface area contributed by atoms with E-state index in [0.29, 0.717) is 6.04 Å². The van der Waals surface area contributed by atoms with E-state index in [2.05, 4.69) is 4.90 Å². The van der Waals surface area contributed by atoms with Gasteiger partial charge in [-0.3, -0.25) is 0 Å². The Morgan fingerprint density at radius 2 is 1.82 bits per heavy atom. The van der Waals surface area contributed by atoms with Crippen LogP contribution in [0, 0.1) is 11.8 Å². The molecular formula is C15H28N2. The number of hydrogen-bond donors (Lipinski definition) is 1. The molecular weight excluding hydrogens is 208 g/mol. The van der Waals surface area contributed by atoms with Crippen molar-refractivity contribution in [3.05, 3.63) is 0 Å². The molecule has 98 valence electrons. The van der Waals surface area contributed by atoms with Gasteiger partial charge in [0.2, 0.25) is 0 Å². The van der Waals surface area contributed by atoms with E-state index in [9.17, 15) is 0 Å². The van der Waals surface area contributed by atoms with E-state index in [1.165, 1.54) is 70.9 Å². The second-order valence-corrected chi connectivity index (χ2v) is 6.58. The Labute approximate surface area is 106 Å². The smallest absolute Gasteiger partial charge is 0.0124 e. The Morgan fingerprint density at radius 1 is 0.941 bits per heavy atom. The van der Waals surface area contributed by atoms with Crippen LogP contribution in [0.25, 0.3) is 0 Å². The van der Waals surface area contributed by atoms with Crippen molar-refractivity contribution in [1.29, 1.82) is 0 Å². The van der Waals surface area contributed by atoms with Crippen molar-refractivity contribution in [2.45, 2.75) is 69.9 Å². The molecule has 1 aliphatic heterocycles. The minimum atomic E-state index is 0.514. The molecule has 2 N–H and O–H groups in total. The van der Waals surface area contributed by atoms with Crippen molar-refractivity contribution in [1.82, 2.24) is 4.90 Å². The van der Waals surface area contributed by atoms with Gasteiger partial charge in [0.15, 0.2) is 0 Å². The third kappa shape index (κ3) is 2.53. The van der Waals surface area contributed by atoms with Gasteiger partial charge in [-0.15, -0.1) is 0 Å². The first kappa shape index (κ1) is 12.0. The quantitative estimate of drug-likeness (QED) is 0.816. The van der Waals surface area contributed by atoms with E-state index in [0.717, 1.165) is 17.9 Å². The van der Waals surface area contributed by atoms with E-state index in [-0.39, 0.29) is 0 Å². The van der Waals surface area contributed by atoms with Crippen LogP contribution in [0.5, 0.6) is 0 Å². The summed E-state index contributed by atoms with van der Waals surface area (Å²) in [5.41, 5.74) is 6.18. The SMILES string of the molecule is NC1CCCC1CCN1CCC2CCCCC21. The summed E-state index contributed by atoms with van der Waals surface area (Å²) >= 11 is 0. The second-order valence-electron chi connectivity index (χ2n) is 6.58. The van der Waals surface area contributed by atoms with Crippen LogP contribution in [0.15, 0.2) is 0 Å². The Kier molecular flexibility index (Phi) is 3.72. The zero-order valence-electron chi connectivity index (χ0n) is 11.1. The molecule has 2 saturated carbocycles. The maximum absolute atomic E-state index is 6.18. The molecule has 17 heavy (non-hydrogen) atoms. The van der Waals surface area contributed by atoms with Crippen molar-refractivity contribution in [3.8, 4) is 0 Å². The largest absolute Gasteiger partial charge is 0.327 e. The number of nitrogens with two attached hydrogens (primary N) is 1. The van der Waals surface area contributed by atoms with Gasteiger partial charge in [-0.25, -0.2) is 0 Å². The third-order valence-electron chi connectivity index (χ3n) is 5.63. The van der Waals surface area contributed by atoms with Crippen LogP contribution in [0.3, 0.4) is 0 Å². The highest BCUT2D eigenvalue weighted by atomic mass is 15.2. The summed E-state index contributed by atoms with van der Waals surface area (Å²) in [6.07, 6.45) is 12.8. The molecule has 4 unspecified atom stereocenters. The fourth-order valence-electron chi connectivity index (χ4n) is 4.54. The Hall–Kier alpha value is -0.0800. The second kappa shape index (κ2) is 5.27. The van der Waals surface area contributed by atoms with Gasteiger partial charge in [-0.05, 0) is 63.5 Å². The van der Waals surface area contributed by atoms with Crippen LogP contribution in [0.2, 0.25) is 0 Å². The van der Waals surface area contributed by atoms with Gasteiger partial charge in [-0.2, -0.15) is 0 Å². The van der Waals surface area contributed by atoms with E-state index < -0.39 is 0 Å². The molecule has 3 fully saturated rings. The van der Waals surface area contributed by atoms with Crippen LogP contribution < -0.4 is 5.73 Å². The lowest BCUT2D eigenvalue weighted by Gasteiger charge is -2.32. The van der Waals surface area contributed by atoms with E-state index in [4.69, 9.17) is 5.73 Å². The lowest BCUT2D eigenvalue weighted by Crippen LogP contribution is -2.37. The molecule has 0 bridgehead atoms. The number of hydrogen-bond acceptors (Lipinski definition) is 2. The third-order valence-corrected chi connectivity index (χ3v) is 5.63. The fourth-order valence-corrected chi connectivity index (χ4v) is 4.54. The number of likely N-dealkylation sites (tertiary alicyclic amines) is 1. The number of nitrogens with zero attached hydrogens (tertiary/aromatic N) is 1. The monoisotopic (exact) mass is 236 g/mol. The summed E-state index contributed by atoms with van der Waals surface area (Å²) < 4.78 is 0. The summed E-state index contributed by atoms with van der Waals surface area (Å²) in [6.45, 7) is 2.71. The van der Waals surface area contributed by atoms with Crippen molar-refractivity contribution in [2.24, 2.45) is 17.6 Å². The average molecular weight is 236 g/mol. The normalized spacial score (nSPS) is 42.9. The van der Waals surface area contributed by atoms with Gasteiger partial charge < -0.3 is 10.6 Å². The number of fused-ring (bicyclic) bond motifs is 1. The minimum Gasteiger partial charge on any atom is -0.327 e. The Morgan fingerprint density at radius 3 is 2.65 bits per heavy atom. The molecule has 2 heteroatoms. The Balaban J connectivity index is 1.48. The standard InChI is InChI=1S/C15H28N2/c16-14-6-3-5-12(14)8-10-17-11-9-13-4-1-2-7-15(13)17/h12-15H,1-11,16H2. The Bertz CT molecular complexity index is 253. The van der Waals surface area contributed by atoms with Crippen LogP contribution in [0.1, 0.15) is 57.8 Å². The maximum atomic E-state index is 6.18. The molecule has 4 atom stereocenters. The molecule has 0 spiro atoms. The summed E-state index contributed by atoms with van der Waals surface area (Å²) in [4.78, 5) is 2.80. The molecule has 3 rings (SSSR count). The van der Waals surface area contributed by atoms with Gasteiger partial charge in [0.25, 0.3) is 0 Å². The van der Waals surface area contributed by atoms with E-state index in [1.807, 2.05) is 0 Å². The molecule has 0 radical (unpaired) electrons. The summed E-state index contributed by atoms with van der Waals surface area (Å²) in [5.74, 6) is 1.87. The van der Waals surface area contributed by atoms with Crippen molar-refractivity contribution in [2.75, 3.05) is 13.1 Å². The lowest BCUT2D eigenvalue weighted by atomic mass is 9.85. The van der Waals surface area contributed by atoms with Crippen LogP contribution in [-0.4, -0.2) is 30.1 Å². The topological polar surface area (TPSA) is 29.3 Å². The maximum Gasteiger partial charge on any atom is 0.0124 e. The van der Waals surface area contributed by atoms with E-state index in [1.54, 1.807) is 0 Å². The van der Waals surface area contributed by atoms with Gasteiger partial charge in [0, 0.05) is 12.1 Å². The molecule has 0 aromatic heterocycles. The van der Waals surface area contributed by atoms with Crippen LogP contribution in [-0.2, 0) is 0 Å². The molecule has 3 aliphatic rings. The zero-order valence-corrected chi connectivity index (χ0v) is 11.1. The van der Waals surface area contributed by atoms with Gasteiger partial charge in [0.05, 0.1) is 0 Å². The molecule has 2 aliphatic carbocycles. The van der Waals surface area contributed by atoms with Crippen molar-refractivity contribution < 1.29 is 0 Å². The molecule has 0 amide bonds. The first-order chi connectivity index (χ1) is 8.34. The average Bonchev–Trinajstić information content (AvgIpc) is 2.93. The van der Waals surface area contributed by atoms with Gasteiger partial charge in [-0.1, -0.05) is 19.3 Å². The number of rotatable bonds is 3. The highest BCUT2D eigenvalue weighted by Gasteiger charge is 2.35. The molecule has 0 aromatic carbocycles. The predicted molar refractivity (Wildman–Crippen MR) is 71.9 cm³/mol. The van der Waals surface area contributed by atoms with Crippen molar-refractivity contribution in [3.63, 3.8) is 0 Å². The first-order valence-corrected chi connectivity index (χ1v) is 7.84. The molecule has 2 nitrogen and oxygen atoms in total. The minimum absolute atomic E-state index is 0.514. The summed E-state index contributed by atoms with van der Waals surface area (Å²) in [7, 11) is 0. The predicted octanol–water partition coefficient (Wildman–Crippen LogP) is 2.77. The molecule has 1 saturated heterocycles. The zero-order chi connectivity index (χ0) is 11.7. The van der Waals surface area contributed by atoms with Gasteiger partial charge in [0.1, 0.15) is 0 Å². The van der Waals surface area contributed by atoms with Gasteiger partial charge >= 0.3 is 0 Å². The van der Waals surface area contributed by atoms with Crippen LogP contribution in [0.4, 0.5) is 0 Å². The van der Waals surface area contributed by atoms with Crippen molar-refractivity contribution >= 4 is 0 Å². The van der Waals surface area contributed by atoms with Crippen LogP contribution >= 0.6 is 0 Å². The summed E-state index contributed by atoms with van der Waals surface area (Å²) in [5, 5.41) is 0. The molecule has 1 heterocycles. The fraction of sp³-hybridized carbons (Fsp3) is 1.00. The first-order valence-electron chi connectivity index (χ1n) is 7.84. The highest BCUT2D eigenvalue weighted by Crippen LogP contribution is 2.37. The lowest BCUT2D eigenvalue weighted by molar-refractivity contribution is 0.171.